The Labute approximate surface area is 493 Å². The second kappa shape index (κ2) is 26.6. The first-order valence-corrected chi connectivity index (χ1v) is 30.0. The number of aromatic nitrogens is 8. The van der Waals surface area contributed by atoms with Crippen molar-refractivity contribution in [3.63, 3.8) is 0 Å². The van der Waals surface area contributed by atoms with Crippen molar-refractivity contribution in [3.8, 4) is 21.6 Å². The lowest BCUT2D eigenvalue weighted by Crippen LogP contribution is -2.57. The zero-order valence-corrected chi connectivity index (χ0v) is 50.2. The van der Waals surface area contributed by atoms with Crippen molar-refractivity contribution in [1.82, 2.24) is 65.5 Å². The predicted molar refractivity (Wildman–Crippen MR) is 323 cm³/mol. The number of amides is 5. The van der Waals surface area contributed by atoms with Crippen LogP contribution in [0.4, 0.5) is 5.82 Å². The molecule has 5 N–H and O–H groups in total. The summed E-state index contributed by atoms with van der Waals surface area (Å²) in [7, 11) is 0. The lowest BCUT2D eigenvalue weighted by molar-refractivity contribution is -0.144. The Hall–Kier alpha value is -8.11. The average Bonchev–Trinajstić information content (AvgIpc) is 3.51. The molecule has 2 aliphatic rings. The highest BCUT2D eigenvalue weighted by Gasteiger charge is 2.44. The number of hydrogen-bond acceptors (Lipinski definition) is 14. The van der Waals surface area contributed by atoms with E-state index in [9.17, 15) is 33.9 Å². The summed E-state index contributed by atoms with van der Waals surface area (Å²) in [6, 6.07) is 15.9. The number of H-pyrrole nitrogens is 1. The second-order valence-corrected chi connectivity index (χ2v) is 24.5. The topological polar surface area (TPSA) is 259 Å². The van der Waals surface area contributed by atoms with E-state index in [4.69, 9.17) is 4.98 Å². The molecule has 7 aromatic rings. The van der Waals surface area contributed by atoms with E-state index in [0.717, 1.165) is 67.5 Å². The number of carbonyl (C=O) groups is 5. The van der Waals surface area contributed by atoms with Gasteiger partial charge in [-0.25, -0.2) is 9.97 Å². The van der Waals surface area contributed by atoms with Gasteiger partial charge in [0.2, 0.25) is 23.6 Å². The molecule has 0 bridgehead atoms. The van der Waals surface area contributed by atoms with E-state index in [1.807, 2.05) is 137 Å². The summed E-state index contributed by atoms with van der Waals surface area (Å²) in [5, 5.41) is 33.5. The molecule has 9 rings (SSSR count). The monoisotopic (exact) mass is 1160 g/mol. The zero-order chi connectivity index (χ0) is 59.8. The number of fused-ring (bicyclic) bond motifs is 1. The molecule has 0 saturated carbocycles. The summed E-state index contributed by atoms with van der Waals surface area (Å²) in [4.78, 5) is 99.4. The van der Waals surface area contributed by atoms with Crippen molar-refractivity contribution in [2.45, 2.75) is 151 Å². The van der Waals surface area contributed by atoms with Crippen LogP contribution in [0, 0.1) is 26.2 Å². The lowest BCUT2D eigenvalue weighted by atomic mass is 9.85. The maximum atomic E-state index is 14.1. The first-order chi connectivity index (χ1) is 40.2. The van der Waals surface area contributed by atoms with E-state index in [-0.39, 0.29) is 67.7 Å². The highest BCUT2D eigenvalue weighted by Crippen LogP contribution is 2.32. The second-order valence-electron chi connectivity index (χ2n) is 23.6. The number of piperazine rings is 1. The third kappa shape index (κ3) is 14.6. The van der Waals surface area contributed by atoms with Gasteiger partial charge in [0.1, 0.15) is 17.9 Å². The number of rotatable bonds is 22. The van der Waals surface area contributed by atoms with Crippen LogP contribution in [0.25, 0.3) is 32.5 Å². The van der Waals surface area contributed by atoms with Crippen molar-refractivity contribution in [2.75, 3.05) is 37.6 Å². The normalized spacial score (nSPS) is 15.9. The molecule has 444 valence electrons. The fourth-order valence-corrected chi connectivity index (χ4v) is 11.9. The molecule has 5 aromatic heterocycles. The van der Waals surface area contributed by atoms with E-state index in [2.05, 4.69) is 46.2 Å². The van der Waals surface area contributed by atoms with Crippen LogP contribution in [0.2, 0.25) is 0 Å². The third-order valence-electron chi connectivity index (χ3n) is 15.8. The smallest absolute Gasteiger partial charge is 0.253 e. The van der Waals surface area contributed by atoms with Gasteiger partial charge >= 0.3 is 0 Å². The van der Waals surface area contributed by atoms with Crippen LogP contribution in [0.15, 0.2) is 83.5 Å². The van der Waals surface area contributed by atoms with Crippen LogP contribution < -0.4 is 26.4 Å². The van der Waals surface area contributed by atoms with Gasteiger partial charge in [0.25, 0.3) is 11.5 Å². The van der Waals surface area contributed by atoms with Gasteiger partial charge in [-0.3, -0.25) is 38.1 Å². The molecule has 0 unspecified atom stereocenters. The number of likely N-dealkylation sites (tertiary alicyclic amines) is 1. The molecule has 2 fully saturated rings. The Morgan fingerprint density at radius 1 is 0.845 bits per heavy atom. The summed E-state index contributed by atoms with van der Waals surface area (Å²) in [6.07, 6.45) is 8.66. The number of aromatic amines is 1. The third-order valence-corrected chi connectivity index (χ3v) is 16.8. The summed E-state index contributed by atoms with van der Waals surface area (Å²) < 4.78 is 3.69. The van der Waals surface area contributed by atoms with Gasteiger partial charge < -0.3 is 40.7 Å². The van der Waals surface area contributed by atoms with Crippen LogP contribution >= 0.6 is 11.3 Å². The molecule has 7 heterocycles. The standard InChI is InChI=1S/C62H78N14O7S/c1-38(2)76-51-29-45(28-48(50(51)34-67-76)58(80)65-33-49-39(3)27-40(4)68-59(49)81)44-20-21-53(63-32-44)72-23-25-73(26-24-72)55(79)15-11-12-22-74-35-46(70-71-74)13-9-10-14-54(78)69-57(62(6,7)8)61(83)75-36-47(77)30-52(75)60(82)64-31-42-16-18-43(19-17-42)56-41(5)66-37-84-56/h16-21,27-29,32,34-35,37-38,47,52,57,77H,9-15,22-26,30-31,33,36H2,1-8H3,(H,64,82)(H,65,80)(H,68,81)(H,69,78)/t47-,52+,57+/m1/s1. The fourth-order valence-electron chi connectivity index (χ4n) is 11.1. The number of aliphatic hydroxyl groups is 1. The Kier molecular flexibility index (Phi) is 19.2. The Morgan fingerprint density at radius 3 is 2.29 bits per heavy atom. The maximum Gasteiger partial charge on any atom is 0.253 e. The molecule has 2 aliphatic heterocycles. The zero-order valence-electron chi connectivity index (χ0n) is 49.4. The number of anilines is 1. The van der Waals surface area contributed by atoms with Gasteiger partial charge in [-0.05, 0) is 125 Å². The van der Waals surface area contributed by atoms with Crippen molar-refractivity contribution in [3.05, 3.63) is 128 Å². The van der Waals surface area contributed by atoms with Crippen LogP contribution in [-0.4, -0.2) is 135 Å². The van der Waals surface area contributed by atoms with Crippen LogP contribution in [0.1, 0.15) is 130 Å². The highest BCUT2D eigenvalue weighted by molar-refractivity contribution is 7.13. The molecule has 0 spiro atoms. The van der Waals surface area contributed by atoms with Gasteiger partial charge in [-0.15, -0.1) is 16.4 Å². The molecule has 0 aliphatic carbocycles. The largest absolute Gasteiger partial charge is 0.391 e. The molecule has 3 atom stereocenters. The number of hydrogen-bond donors (Lipinski definition) is 5. The Morgan fingerprint density at radius 2 is 1.60 bits per heavy atom. The van der Waals surface area contributed by atoms with Gasteiger partial charge in [0.15, 0.2) is 0 Å². The van der Waals surface area contributed by atoms with Gasteiger partial charge in [0, 0.05) is 112 Å². The first-order valence-electron chi connectivity index (χ1n) is 29.1. The maximum absolute atomic E-state index is 14.1. The Balaban J connectivity index is 0.679. The predicted octanol–water partition coefficient (Wildman–Crippen LogP) is 6.98. The number of benzene rings is 2. The SMILES string of the molecule is Cc1cc(C)c(CNC(=O)c2cc(-c3ccc(N4CCN(C(=O)CCCCn5cc(CCCCC(=O)N[C@@H](C(=O)N6C[C@H](O)C[C@H]6C(=O)NCc6ccc(-c7scnc7C)cc6)C(C)(C)C)nn5)CC4)nc3)cc3c2cnn3C(C)C)c(=O)[nH]1. The number of aryl methyl sites for hydroxylation is 5. The highest BCUT2D eigenvalue weighted by atomic mass is 32.1. The minimum Gasteiger partial charge on any atom is -0.391 e. The Bertz CT molecular complexity index is 3540. The number of unbranched alkanes of at least 4 members (excludes halogenated alkanes) is 2. The number of aliphatic hydroxyl groups excluding tert-OH is 1. The number of nitrogens with zero attached hydrogens (tertiary/aromatic N) is 10. The summed E-state index contributed by atoms with van der Waals surface area (Å²) >= 11 is 1.57. The van der Waals surface area contributed by atoms with E-state index < -0.39 is 29.5 Å². The molecule has 0 radical (unpaired) electrons. The number of nitrogens with one attached hydrogen (secondary N) is 4. The van der Waals surface area contributed by atoms with Gasteiger partial charge in [-0.1, -0.05) is 50.3 Å². The molecule has 2 saturated heterocycles. The van der Waals surface area contributed by atoms with E-state index in [1.165, 1.54) is 4.90 Å². The molecule has 2 aromatic carbocycles. The minimum absolute atomic E-state index is 0.00126. The van der Waals surface area contributed by atoms with Crippen molar-refractivity contribution < 1.29 is 29.1 Å². The summed E-state index contributed by atoms with van der Waals surface area (Å²) in [5.74, 6) is -0.400. The molecular formula is C62H78N14O7S. The van der Waals surface area contributed by atoms with Crippen LogP contribution in [-0.2, 0) is 45.2 Å². The molecule has 84 heavy (non-hydrogen) atoms. The average molecular weight is 1160 g/mol. The quantitative estimate of drug-likeness (QED) is 0.0430. The minimum atomic E-state index is -0.907. The van der Waals surface area contributed by atoms with Crippen molar-refractivity contribution in [2.24, 2.45) is 5.41 Å². The molecule has 22 heteroatoms. The van der Waals surface area contributed by atoms with Crippen molar-refractivity contribution in [1.29, 1.82) is 0 Å². The number of pyridine rings is 2. The van der Waals surface area contributed by atoms with E-state index >= 15 is 0 Å². The molecule has 5 amide bonds. The van der Waals surface area contributed by atoms with Crippen molar-refractivity contribution >= 4 is 57.6 Å². The fraction of sp³-hybridized carbons (Fsp3) is 0.468. The van der Waals surface area contributed by atoms with Gasteiger partial charge in [0.05, 0.1) is 45.2 Å². The lowest BCUT2D eigenvalue weighted by Gasteiger charge is -2.35. The van der Waals surface area contributed by atoms with Gasteiger partial charge in [-0.2, -0.15) is 5.10 Å². The molecular weight excluding hydrogens is 1080 g/mol. The summed E-state index contributed by atoms with van der Waals surface area (Å²) in [5.41, 5.74) is 9.67. The number of carbonyl (C=O) groups excluding carboxylic acids is 5. The van der Waals surface area contributed by atoms with E-state index in [1.54, 1.807) is 22.2 Å². The first kappa shape index (κ1) is 60.5. The summed E-state index contributed by atoms with van der Waals surface area (Å²) in [6.45, 7) is 18.8. The van der Waals surface area contributed by atoms with E-state index in [0.29, 0.717) is 81.3 Å². The van der Waals surface area contributed by atoms with Crippen LogP contribution in [0.5, 0.6) is 0 Å². The number of β-amino-alcohol motifs (C(OH)–C–C–N with tert-alkyl or cyclic N) is 1. The van der Waals surface area contributed by atoms with Crippen LogP contribution in [0.3, 0.4) is 0 Å². The number of thiazole rings is 1. The molecule has 21 nitrogen and oxygen atoms in total.